The molecule has 4 saturated heterocycles. The van der Waals surface area contributed by atoms with Gasteiger partial charge >= 0.3 is 0 Å². The first-order valence-electron chi connectivity index (χ1n) is 6.56. The van der Waals surface area contributed by atoms with Gasteiger partial charge in [-0.05, 0) is 51.2 Å². The minimum absolute atomic E-state index is 0.690. The monoisotopic (exact) mass is 209 g/mol. The summed E-state index contributed by atoms with van der Waals surface area (Å²) in [6.45, 7) is 6.19. The van der Waals surface area contributed by atoms with Crippen LogP contribution in [0, 0.1) is 5.92 Å². The third-order valence-electron chi connectivity index (χ3n) is 4.74. The Morgan fingerprint density at radius 3 is 2.47 bits per heavy atom. The lowest BCUT2D eigenvalue weighted by Gasteiger charge is -2.49. The van der Waals surface area contributed by atoms with Gasteiger partial charge in [0.1, 0.15) is 0 Å². The van der Waals surface area contributed by atoms with Crippen LogP contribution in [-0.2, 0) is 0 Å². The molecule has 0 aromatic carbocycles. The van der Waals surface area contributed by atoms with E-state index in [1.54, 1.807) is 0 Å². The lowest BCUT2D eigenvalue weighted by molar-refractivity contribution is 0.000947. The molecule has 0 spiro atoms. The fourth-order valence-corrected chi connectivity index (χ4v) is 3.86. The Bertz CT molecular complexity index is 223. The van der Waals surface area contributed by atoms with Crippen LogP contribution in [0.15, 0.2) is 0 Å². The molecule has 4 rings (SSSR count). The lowest BCUT2D eigenvalue weighted by atomic mass is 9.83. The largest absolute Gasteiger partial charge is 0.329 e. The van der Waals surface area contributed by atoms with Crippen LogP contribution >= 0.6 is 0 Å². The number of rotatable bonds is 2. The third kappa shape index (κ3) is 1.71. The van der Waals surface area contributed by atoms with Gasteiger partial charge in [-0.15, -0.1) is 0 Å². The van der Waals surface area contributed by atoms with E-state index < -0.39 is 0 Å². The second-order valence-corrected chi connectivity index (χ2v) is 5.47. The smallest absolute Gasteiger partial charge is 0.0255 e. The summed E-state index contributed by atoms with van der Waals surface area (Å²) in [5, 5.41) is 0. The third-order valence-corrected chi connectivity index (χ3v) is 4.74. The van der Waals surface area contributed by atoms with E-state index in [0.29, 0.717) is 6.04 Å². The zero-order chi connectivity index (χ0) is 10.3. The first kappa shape index (κ1) is 10.1. The SMILES string of the molecule is NCC1CCCN1C1CN2CCC1CC2. The quantitative estimate of drug-likeness (QED) is 0.719. The summed E-state index contributed by atoms with van der Waals surface area (Å²) in [6, 6.07) is 1.53. The highest BCUT2D eigenvalue weighted by atomic mass is 15.3. The summed E-state index contributed by atoms with van der Waals surface area (Å²) in [5.74, 6) is 0.974. The number of hydrogen-bond acceptors (Lipinski definition) is 3. The van der Waals surface area contributed by atoms with Crippen molar-refractivity contribution in [2.75, 3.05) is 32.7 Å². The molecule has 2 atom stereocenters. The standard InChI is InChI=1S/C12H23N3/c13-8-11-2-1-5-15(11)12-9-14-6-3-10(12)4-7-14/h10-12H,1-9,13H2. The Hall–Kier alpha value is -0.120. The summed E-state index contributed by atoms with van der Waals surface area (Å²) >= 11 is 0. The average molecular weight is 209 g/mol. The molecule has 0 aromatic rings. The van der Waals surface area contributed by atoms with Crippen LogP contribution in [0.2, 0.25) is 0 Å². The topological polar surface area (TPSA) is 32.5 Å². The molecule has 0 radical (unpaired) electrons. The average Bonchev–Trinajstić information content (AvgIpc) is 2.78. The summed E-state index contributed by atoms with van der Waals surface area (Å²) < 4.78 is 0. The van der Waals surface area contributed by atoms with Gasteiger partial charge in [-0.1, -0.05) is 0 Å². The van der Waals surface area contributed by atoms with Gasteiger partial charge in [0.15, 0.2) is 0 Å². The summed E-state index contributed by atoms with van der Waals surface area (Å²) in [7, 11) is 0. The highest BCUT2D eigenvalue weighted by Crippen LogP contribution is 2.34. The molecule has 15 heavy (non-hydrogen) atoms. The normalized spacial score (nSPS) is 46.2. The van der Waals surface area contributed by atoms with E-state index in [9.17, 15) is 0 Å². The highest BCUT2D eigenvalue weighted by molar-refractivity contribution is 4.96. The number of hydrogen-bond donors (Lipinski definition) is 1. The van der Waals surface area contributed by atoms with Crippen molar-refractivity contribution in [2.24, 2.45) is 11.7 Å². The van der Waals surface area contributed by atoms with Crippen molar-refractivity contribution in [2.45, 2.75) is 37.8 Å². The van der Waals surface area contributed by atoms with Crippen molar-refractivity contribution >= 4 is 0 Å². The molecule has 86 valence electrons. The minimum Gasteiger partial charge on any atom is -0.329 e. The highest BCUT2D eigenvalue weighted by Gasteiger charge is 2.40. The Labute approximate surface area is 92.6 Å². The summed E-state index contributed by atoms with van der Waals surface area (Å²) in [4.78, 5) is 5.38. The van der Waals surface area contributed by atoms with Crippen molar-refractivity contribution < 1.29 is 0 Å². The molecule has 0 amide bonds. The maximum Gasteiger partial charge on any atom is 0.0255 e. The number of piperidine rings is 3. The second-order valence-electron chi connectivity index (χ2n) is 5.47. The van der Waals surface area contributed by atoms with E-state index in [-0.39, 0.29) is 0 Å². The Kier molecular flexibility index (Phi) is 2.71. The van der Waals surface area contributed by atoms with E-state index in [1.165, 1.54) is 51.9 Å². The van der Waals surface area contributed by atoms with Gasteiger partial charge in [-0.25, -0.2) is 0 Å². The predicted octanol–water partition coefficient (Wildman–Crippen LogP) is 0.504. The second kappa shape index (κ2) is 4.04. The first-order chi connectivity index (χ1) is 7.38. The number of fused-ring (bicyclic) bond motifs is 3. The molecule has 4 aliphatic heterocycles. The first-order valence-corrected chi connectivity index (χ1v) is 6.56. The van der Waals surface area contributed by atoms with Crippen LogP contribution in [-0.4, -0.2) is 54.6 Å². The fourth-order valence-electron chi connectivity index (χ4n) is 3.86. The van der Waals surface area contributed by atoms with Gasteiger partial charge in [0.05, 0.1) is 0 Å². The van der Waals surface area contributed by atoms with Crippen molar-refractivity contribution in [3.05, 3.63) is 0 Å². The molecule has 0 saturated carbocycles. The van der Waals surface area contributed by atoms with E-state index in [0.717, 1.165) is 18.5 Å². The molecule has 0 aromatic heterocycles. The van der Waals surface area contributed by atoms with E-state index in [1.807, 2.05) is 0 Å². The van der Waals surface area contributed by atoms with Gasteiger partial charge < -0.3 is 10.6 Å². The minimum atomic E-state index is 0.690. The maximum absolute atomic E-state index is 5.87. The molecular weight excluding hydrogens is 186 g/mol. The Morgan fingerprint density at radius 2 is 1.87 bits per heavy atom. The van der Waals surface area contributed by atoms with Crippen LogP contribution in [0.4, 0.5) is 0 Å². The summed E-state index contributed by atoms with van der Waals surface area (Å²) in [5.41, 5.74) is 5.87. The summed E-state index contributed by atoms with van der Waals surface area (Å²) in [6.07, 6.45) is 5.56. The van der Waals surface area contributed by atoms with E-state index >= 15 is 0 Å². The zero-order valence-electron chi connectivity index (χ0n) is 9.57. The predicted molar refractivity (Wildman–Crippen MR) is 61.7 cm³/mol. The molecular formula is C12H23N3. The molecule has 2 N–H and O–H groups in total. The molecule has 3 nitrogen and oxygen atoms in total. The van der Waals surface area contributed by atoms with Crippen LogP contribution in [0.5, 0.6) is 0 Å². The van der Waals surface area contributed by atoms with Gasteiger partial charge in [0.2, 0.25) is 0 Å². The molecule has 4 heterocycles. The van der Waals surface area contributed by atoms with Crippen LogP contribution < -0.4 is 5.73 Å². The van der Waals surface area contributed by atoms with Gasteiger partial charge in [0, 0.05) is 25.2 Å². The molecule has 3 heteroatoms. The molecule has 4 fully saturated rings. The van der Waals surface area contributed by atoms with Crippen LogP contribution in [0.3, 0.4) is 0 Å². The van der Waals surface area contributed by atoms with Crippen molar-refractivity contribution in [3.63, 3.8) is 0 Å². The van der Waals surface area contributed by atoms with Gasteiger partial charge in [-0.2, -0.15) is 0 Å². The van der Waals surface area contributed by atoms with E-state index in [4.69, 9.17) is 5.73 Å². The number of nitrogens with zero attached hydrogens (tertiary/aromatic N) is 2. The molecule has 2 unspecified atom stereocenters. The zero-order valence-corrected chi connectivity index (χ0v) is 9.57. The Morgan fingerprint density at radius 1 is 1.07 bits per heavy atom. The number of nitrogens with two attached hydrogens (primary N) is 1. The van der Waals surface area contributed by atoms with Crippen LogP contribution in [0.1, 0.15) is 25.7 Å². The van der Waals surface area contributed by atoms with Gasteiger partial charge in [0.25, 0.3) is 0 Å². The molecule has 2 bridgehead atoms. The maximum atomic E-state index is 5.87. The fraction of sp³-hybridized carbons (Fsp3) is 1.00. The Balaban J connectivity index is 1.71. The van der Waals surface area contributed by atoms with Gasteiger partial charge in [-0.3, -0.25) is 4.90 Å². The number of likely N-dealkylation sites (tertiary alicyclic amines) is 1. The van der Waals surface area contributed by atoms with E-state index in [2.05, 4.69) is 9.80 Å². The lowest BCUT2D eigenvalue weighted by Crippen LogP contribution is -2.59. The van der Waals surface area contributed by atoms with Crippen molar-refractivity contribution in [3.8, 4) is 0 Å². The molecule has 4 aliphatic rings. The van der Waals surface area contributed by atoms with Crippen LogP contribution in [0.25, 0.3) is 0 Å². The van der Waals surface area contributed by atoms with Crippen molar-refractivity contribution in [1.29, 1.82) is 0 Å². The molecule has 0 aliphatic carbocycles. The van der Waals surface area contributed by atoms with Crippen molar-refractivity contribution in [1.82, 2.24) is 9.80 Å².